The minimum atomic E-state index is -0.189. The summed E-state index contributed by atoms with van der Waals surface area (Å²) in [6.07, 6.45) is 0. The average molecular weight is 380 g/mol. The van der Waals surface area contributed by atoms with Gasteiger partial charge in [-0.05, 0) is 53.6 Å². The van der Waals surface area contributed by atoms with E-state index in [1.807, 2.05) is 85.8 Å². The van der Waals surface area contributed by atoms with E-state index >= 15 is 0 Å². The molecule has 142 valence electrons. The van der Waals surface area contributed by atoms with Crippen LogP contribution >= 0.6 is 0 Å². The van der Waals surface area contributed by atoms with Crippen LogP contribution in [-0.4, -0.2) is 11.8 Å². The molecule has 0 saturated carbocycles. The topological polar surface area (TPSA) is 58.2 Å². The van der Waals surface area contributed by atoms with Crippen LogP contribution in [0.4, 0.5) is 11.4 Å². The summed E-state index contributed by atoms with van der Waals surface area (Å²) in [7, 11) is 0. The number of amides is 2. The first-order chi connectivity index (χ1) is 14.1. The lowest BCUT2D eigenvalue weighted by Crippen LogP contribution is -2.16. The Kier molecular flexibility index (Phi) is 5.08. The second-order valence-corrected chi connectivity index (χ2v) is 6.78. The summed E-state index contributed by atoms with van der Waals surface area (Å²) in [6.45, 7) is 1.87. The van der Waals surface area contributed by atoms with Crippen LogP contribution in [0.15, 0.2) is 91.0 Å². The molecule has 0 fully saturated rings. The second-order valence-electron chi connectivity index (χ2n) is 6.78. The van der Waals surface area contributed by atoms with Gasteiger partial charge in [-0.1, -0.05) is 60.7 Å². The molecule has 2 N–H and O–H groups in total. The third-order valence-corrected chi connectivity index (χ3v) is 4.90. The van der Waals surface area contributed by atoms with Crippen LogP contribution in [-0.2, 0) is 0 Å². The maximum atomic E-state index is 12.9. The molecule has 0 aromatic heterocycles. The van der Waals surface area contributed by atoms with Gasteiger partial charge in [0.05, 0.1) is 0 Å². The predicted octanol–water partition coefficient (Wildman–Crippen LogP) is 5.65. The van der Waals surface area contributed by atoms with Crippen molar-refractivity contribution in [3.63, 3.8) is 0 Å². The smallest absolute Gasteiger partial charge is 0.256 e. The van der Waals surface area contributed by atoms with Crippen molar-refractivity contribution in [1.82, 2.24) is 0 Å². The number of benzene rings is 4. The number of anilines is 2. The van der Waals surface area contributed by atoms with Gasteiger partial charge in [0.2, 0.25) is 0 Å². The van der Waals surface area contributed by atoms with E-state index in [0.29, 0.717) is 22.5 Å². The van der Waals surface area contributed by atoms with Crippen LogP contribution in [0.3, 0.4) is 0 Å². The van der Waals surface area contributed by atoms with Crippen LogP contribution in [0.25, 0.3) is 10.8 Å². The summed E-state index contributed by atoms with van der Waals surface area (Å²) in [4.78, 5) is 25.4. The van der Waals surface area contributed by atoms with Gasteiger partial charge in [-0.3, -0.25) is 9.59 Å². The second kappa shape index (κ2) is 7.98. The summed E-state index contributed by atoms with van der Waals surface area (Å²) in [6, 6.07) is 28.0. The molecule has 0 saturated heterocycles. The Morgan fingerprint density at radius 1 is 0.621 bits per heavy atom. The maximum absolute atomic E-state index is 12.9. The normalized spacial score (nSPS) is 10.5. The minimum Gasteiger partial charge on any atom is -0.322 e. The summed E-state index contributed by atoms with van der Waals surface area (Å²) in [5.41, 5.74) is 3.31. The molecule has 0 heterocycles. The first-order valence-electron chi connectivity index (χ1n) is 9.38. The Labute approximate surface area is 169 Å². The van der Waals surface area contributed by atoms with Crippen LogP contribution in [0.1, 0.15) is 26.3 Å². The fourth-order valence-electron chi connectivity index (χ4n) is 3.30. The Morgan fingerprint density at radius 3 is 1.97 bits per heavy atom. The van der Waals surface area contributed by atoms with E-state index in [0.717, 1.165) is 16.3 Å². The van der Waals surface area contributed by atoms with Crippen LogP contribution in [0.2, 0.25) is 0 Å². The van der Waals surface area contributed by atoms with Gasteiger partial charge in [-0.15, -0.1) is 0 Å². The zero-order chi connectivity index (χ0) is 20.2. The molecule has 0 aliphatic carbocycles. The molecule has 0 bridgehead atoms. The van der Waals surface area contributed by atoms with Crippen molar-refractivity contribution in [3.05, 3.63) is 108 Å². The van der Waals surface area contributed by atoms with Crippen LogP contribution in [0, 0.1) is 6.92 Å². The molecule has 0 unspecified atom stereocenters. The number of rotatable bonds is 4. The molecular formula is C25H20N2O2. The molecule has 4 aromatic rings. The molecule has 0 aliphatic rings. The van der Waals surface area contributed by atoms with Gasteiger partial charge in [0, 0.05) is 22.5 Å². The molecule has 29 heavy (non-hydrogen) atoms. The van der Waals surface area contributed by atoms with E-state index in [2.05, 4.69) is 10.6 Å². The fraction of sp³-hybridized carbons (Fsp3) is 0.0400. The molecule has 4 aromatic carbocycles. The number of carbonyl (C=O) groups excluding carboxylic acids is 2. The van der Waals surface area contributed by atoms with E-state index in [9.17, 15) is 9.59 Å². The van der Waals surface area contributed by atoms with Gasteiger partial charge in [0.15, 0.2) is 0 Å². The number of nitrogens with one attached hydrogen (secondary N) is 2. The standard InChI is InChI=1S/C25H20N2O2/c1-17-22(26-24(28)19-10-3-2-4-11-19)15-8-16-23(17)27-25(29)21-14-7-12-18-9-5-6-13-20(18)21/h2-16H,1H3,(H,26,28)(H,27,29). The molecule has 2 amide bonds. The largest absolute Gasteiger partial charge is 0.322 e. The molecule has 4 rings (SSSR count). The van der Waals surface area contributed by atoms with Crippen molar-refractivity contribution < 1.29 is 9.59 Å². The summed E-state index contributed by atoms with van der Waals surface area (Å²) in [5, 5.41) is 7.82. The lowest BCUT2D eigenvalue weighted by Gasteiger charge is -2.14. The predicted molar refractivity (Wildman–Crippen MR) is 117 cm³/mol. The zero-order valence-electron chi connectivity index (χ0n) is 16.0. The number of fused-ring (bicyclic) bond motifs is 1. The number of hydrogen-bond donors (Lipinski definition) is 2. The minimum absolute atomic E-state index is 0.184. The van der Waals surface area contributed by atoms with Crippen molar-refractivity contribution in [1.29, 1.82) is 0 Å². The third kappa shape index (κ3) is 3.87. The highest BCUT2D eigenvalue weighted by Gasteiger charge is 2.14. The fourth-order valence-corrected chi connectivity index (χ4v) is 3.30. The quantitative estimate of drug-likeness (QED) is 0.480. The SMILES string of the molecule is Cc1c(NC(=O)c2ccccc2)cccc1NC(=O)c1cccc2ccccc12. The lowest BCUT2D eigenvalue weighted by atomic mass is 10.0. The van der Waals surface area contributed by atoms with Crippen molar-refractivity contribution in [3.8, 4) is 0 Å². The van der Waals surface area contributed by atoms with Crippen LogP contribution < -0.4 is 10.6 Å². The molecular weight excluding hydrogens is 360 g/mol. The van der Waals surface area contributed by atoms with Crippen molar-refractivity contribution in [2.45, 2.75) is 6.92 Å². The number of hydrogen-bond acceptors (Lipinski definition) is 2. The van der Waals surface area contributed by atoms with Gasteiger partial charge in [-0.2, -0.15) is 0 Å². The van der Waals surface area contributed by atoms with E-state index in [-0.39, 0.29) is 11.8 Å². The van der Waals surface area contributed by atoms with Crippen LogP contribution in [0.5, 0.6) is 0 Å². The molecule has 0 aliphatic heterocycles. The lowest BCUT2D eigenvalue weighted by molar-refractivity contribution is 0.102. The zero-order valence-corrected chi connectivity index (χ0v) is 16.0. The summed E-state index contributed by atoms with van der Waals surface area (Å²) in [5.74, 6) is -0.373. The molecule has 4 nitrogen and oxygen atoms in total. The average Bonchev–Trinajstić information content (AvgIpc) is 2.76. The van der Waals surface area contributed by atoms with E-state index in [1.54, 1.807) is 12.1 Å². The van der Waals surface area contributed by atoms with E-state index < -0.39 is 0 Å². The van der Waals surface area contributed by atoms with Gasteiger partial charge in [0.1, 0.15) is 0 Å². The van der Waals surface area contributed by atoms with Gasteiger partial charge in [-0.25, -0.2) is 0 Å². The van der Waals surface area contributed by atoms with Gasteiger partial charge < -0.3 is 10.6 Å². The molecule has 0 radical (unpaired) electrons. The van der Waals surface area contributed by atoms with Gasteiger partial charge >= 0.3 is 0 Å². The third-order valence-electron chi connectivity index (χ3n) is 4.90. The first-order valence-corrected chi connectivity index (χ1v) is 9.38. The summed E-state index contributed by atoms with van der Waals surface area (Å²) < 4.78 is 0. The van der Waals surface area contributed by atoms with E-state index in [1.165, 1.54) is 0 Å². The monoisotopic (exact) mass is 380 g/mol. The van der Waals surface area contributed by atoms with Gasteiger partial charge in [0.25, 0.3) is 11.8 Å². The van der Waals surface area contributed by atoms with Crippen molar-refractivity contribution in [2.75, 3.05) is 10.6 Å². The molecule has 4 heteroatoms. The highest BCUT2D eigenvalue weighted by Crippen LogP contribution is 2.26. The highest BCUT2D eigenvalue weighted by atomic mass is 16.2. The number of carbonyl (C=O) groups is 2. The Hall–Kier alpha value is -3.92. The maximum Gasteiger partial charge on any atom is 0.256 e. The van der Waals surface area contributed by atoms with Crippen molar-refractivity contribution in [2.24, 2.45) is 0 Å². The Morgan fingerprint density at radius 2 is 1.21 bits per heavy atom. The summed E-state index contributed by atoms with van der Waals surface area (Å²) >= 11 is 0. The Bertz CT molecular complexity index is 1190. The highest BCUT2D eigenvalue weighted by molar-refractivity contribution is 6.13. The first kappa shape index (κ1) is 18.4. The van der Waals surface area contributed by atoms with Crippen molar-refractivity contribution >= 4 is 34.0 Å². The Balaban J connectivity index is 1.59. The molecule has 0 atom stereocenters. The van der Waals surface area contributed by atoms with E-state index in [4.69, 9.17) is 0 Å². The molecule has 0 spiro atoms.